The van der Waals surface area contributed by atoms with E-state index in [0.717, 1.165) is 12.1 Å². The van der Waals surface area contributed by atoms with Crippen LogP contribution in [0.5, 0.6) is 0 Å². The van der Waals surface area contributed by atoms with Crippen LogP contribution in [0.4, 0.5) is 0 Å². The third-order valence-electron chi connectivity index (χ3n) is 4.21. The van der Waals surface area contributed by atoms with Gasteiger partial charge in [-0.1, -0.05) is 12.8 Å². The first-order valence-electron chi connectivity index (χ1n) is 7.18. The summed E-state index contributed by atoms with van der Waals surface area (Å²) in [7, 11) is 2.32. The van der Waals surface area contributed by atoms with E-state index < -0.39 is 0 Å². The van der Waals surface area contributed by atoms with Crippen molar-refractivity contribution in [3.63, 3.8) is 0 Å². The molecule has 0 aromatic heterocycles. The molecule has 1 saturated carbocycles. The van der Waals surface area contributed by atoms with Crippen molar-refractivity contribution in [1.29, 1.82) is 0 Å². The number of hydrogen-bond acceptors (Lipinski definition) is 3. The average molecular weight is 239 g/mol. The van der Waals surface area contributed by atoms with Crippen LogP contribution < -0.4 is 10.6 Å². The minimum Gasteiger partial charge on any atom is -0.314 e. The molecule has 3 heteroatoms. The van der Waals surface area contributed by atoms with Gasteiger partial charge < -0.3 is 10.6 Å². The first kappa shape index (κ1) is 13.3. The molecule has 2 aliphatic rings. The minimum atomic E-state index is 0.235. The van der Waals surface area contributed by atoms with E-state index in [0.29, 0.717) is 6.04 Å². The number of nitrogens with zero attached hydrogens (tertiary/aromatic N) is 1. The molecular weight excluding hydrogens is 210 g/mol. The summed E-state index contributed by atoms with van der Waals surface area (Å²) in [6.07, 6.45) is 5.49. The maximum absolute atomic E-state index is 3.83. The van der Waals surface area contributed by atoms with Crippen molar-refractivity contribution in [2.24, 2.45) is 0 Å². The van der Waals surface area contributed by atoms with Gasteiger partial charge in [0.05, 0.1) is 0 Å². The molecule has 0 spiro atoms. The monoisotopic (exact) mass is 239 g/mol. The molecule has 1 aliphatic heterocycles. The molecule has 0 radical (unpaired) electrons. The van der Waals surface area contributed by atoms with Crippen molar-refractivity contribution < 1.29 is 0 Å². The Balaban J connectivity index is 1.95. The number of likely N-dealkylation sites (N-methyl/N-ethyl adjacent to an activating group) is 1. The summed E-state index contributed by atoms with van der Waals surface area (Å²) >= 11 is 0. The Morgan fingerprint density at radius 1 is 1.12 bits per heavy atom. The van der Waals surface area contributed by atoms with Gasteiger partial charge in [-0.15, -0.1) is 0 Å². The normalized spacial score (nSPS) is 31.6. The van der Waals surface area contributed by atoms with Crippen molar-refractivity contribution in [3.8, 4) is 0 Å². The topological polar surface area (TPSA) is 27.3 Å². The molecule has 100 valence electrons. The summed E-state index contributed by atoms with van der Waals surface area (Å²) in [4.78, 5) is 2.62. The molecule has 1 heterocycles. The maximum atomic E-state index is 3.83. The lowest BCUT2D eigenvalue weighted by Crippen LogP contribution is -2.64. The van der Waals surface area contributed by atoms with E-state index in [2.05, 4.69) is 43.4 Å². The summed E-state index contributed by atoms with van der Waals surface area (Å²) in [6, 6.07) is 2.17. The Morgan fingerprint density at radius 3 is 2.29 bits per heavy atom. The van der Waals surface area contributed by atoms with Crippen LogP contribution in [0.2, 0.25) is 0 Å². The Bertz CT molecular complexity index is 242. The van der Waals surface area contributed by atoms with Crippen LogP contribution in [0.1, 0.15) is 46.5 Å². The molecule has 2 fully saturated rings. The van der Waals surface area contributed by atoms with E-state index in [9.17, 15) is 0 Å². The molecule has 0 aromatic carbocycles. The van der Waals surface area contributed by atoms with Crippen molar-refractivity contribution in [3.05, 3.63) is 0 Å². The molecule has 3 nitrogen and oxygen atoms in total. The van der Waals surface area contributed by atoms with Crippen molar-refractivity contribution in [1.82, 2.24) is 15.5 Å². The van der Waals surface area contributed by atoms with Crippen LogP contribution in [0, 0.1) is 0 Å². The highest BCUT2D eigenvalue weighted by Crippen LogP contribution is 2.26. The fourth-order valence-corrected chi connectivity index (χ4v) is 3.16. The summed E-state index contributed by atoms with van der Waals surface area (Å²) in [5.74, 6) is 0. The van der Waals surface area contributed by atoms with Crippen LogP contribution in [-0.2, 0) is 0 Å². The number of nitrogens with one attached hydrogen (secondary N) is 2. The first-order valence-corrected chi connectivity index (χ1v) is 7.18. The van der Waals surface area contributed by atoms with Gasteiger partial charge in [-0.3, -0.25) is 4.90 Å². The molecule has 1 aliphatic carbocycles. The van der Waals surface area contributed by atoms with Gasteiger partial charge in [0.1, 0.15) is 0 Å². The third-order valence-corrected chi connectivity index (χ3v) is 4.21. The lowest BCUT2D eigenvalue weighted by atomic mass is 9.86. The van der Waals surface area contributed by atoms with E-state index in [4.69, 9.17) is 0 Å². The second-order valence-electron chi connectivity index (χ2n) is 6.83. The van der Waals surface area contributed by atoms with Crippen LogP contribution in [-0.4, -0.2) is 48.7 Å². The van der Waals surface area contributed by atoms with Gasteiger partial charge in [-0.25, -0.2) is 0 Å². The van der Waals surface area contributed by atoms with E-state index >= 15 is 0 Å². The van der Waals surface area contributed by atoms with Gasteiger partial charge in [0, 0.05) is 36.8 Å². The molecule has 1 saturated heterocycles. The molecule has 2 atom stereocenters. The van der Waals surface area contributed by atoms with Gasteiger partial charge in [0.15, 0.2) is 0 Å². The largest absolute Gasteiger partial charge is 0.314 e. The zero-order chi connectivity index (χ0) is 12.5. The molecule has 2 rings (SSSR count). The molecule has 2 N–H and O–H groups in total. The highest BCUT2D eigenvalue weighted by Gasteiger charge is 2.35. The zero-order valence-electron chi connectivity index (χ0n) is 11.9. The SMILES string of the molecule is CN(C1CNC1)[C@H]1CCCC[C@@H]1NC(C)(C)C. The van der Waals surface area contributed by atoms with Crippen molar-refractivity contribution >= 4 is 0 Å². The summed E-state index contributed by atoms with van der Waals surface area (Å²) < 4.78 is 0. The highest BCUT2D eigenvalue weighted by atomic mass is 15.3. The maximum Gasteiger partial charge on any atom is 0.0345 e. The molecule has 17 heavy (non-hydrogen) atoms. The lowest BCUT2D eigenvalue weighted by molar-refractivity contribution is 0.0705. The Hall–Kier alpha value is -0.120. The van der Waals surface area contributed by atoms with Crippen LogP contribution in [0.15, 0.2) is 0 Å². The molecule has 0 unspecified atom stereocenters. The fourth-order valence-electron chi connectivity index (χ4n) is 3.16. The average Bonchev–Trinajstić information content (AvgIpc) is 2.13. The van der Waals surface area contributed by atoms with E-state index in [1.807, 2.05) is 0 Å². The predicted octanol–water partition coefficient (Wildman–Crippen LogP) is 1.59. The van der Waals surface area contributed by atoms with Gasteiger partial charge in [-0.05, 0) is 40.7 Å². The molecule has 0 amide bonds. The Kier molecular flexibility index (Phi) is 4.11. The minimum absolute atomic E-state index is 0.235. The van der Waals surface area contributed by atoms with Gasteiger partial charge in [0.25, 0.3) is 0 Å². The second-order valence-corrected chi connectivity index (χ2v) is 6.83. The van der Waals surface area contributed by atoms with Gasteiger partial charge in [0.2, 0.25) is 0 Å². The van der Waals surface area contributed by atoms with Gasteiger partial charge in [-0.2, -0.15) is 0 Å². The molecular formula is C14H29N3. The van der Waals surface area contributed by atoms with Crippen LogP contribution in [0.25, 0.3) is 0 Å². The Labute approximate surface area is 106 Å². The summed E-state index contributed by atoms with van der Waals surface area (Å²) in [6.45, 7) is 9.20. The first-order chi connectivity index (χ1) is 7.97. The second kappa shape index (κ2) is 5.25. The van der Waals surface area contributed by atoms with Crippen LogP contribution >= 0.6 is 0 Å². The Morgan fingerprint density at radius 2 is 1.76 bits per heavy atom. The fraction of sp³-hybridized carbons (Fsp3) is 1.00. The van der Waals surface area contributed by atoms with E-state index in [1.165, 1.54) is 38.8 Å². The molecule has 0 aromatic rings. The quantitative estimate of drug-likeness (QED) is 0.783. The molecule has 0 bridgehead atoms. The highest BCUT2D eigenvalue weighted by molar-refractivity contribution is 4.95. The lowest BCUT2D eigenvalue weighted by Gasteiger charge is -2.47. The summed E-state index contributed by atoms with van der Waals surface area (Å²) in [5.41, 5.74) is 0.235. The smallest absolute Gasteiger partial charge is 0.0345 e. The van der Waals surface area contributed by atoms with E-state index in [-0.39, 0.29) is 5.54 Å². The number of rotatable bonds is 3. The van der Waals surface area contributed by atoms with Crippen LogP contribution in [0.3, 0.4) is 0 Å². The summed E-state index contributed by atoms with van der Waals surface area (Å²) in [5, 5.41) is 7.21. The van der Waals surface area contributed by atoms with E-state index in [1.54, 1.807) is 0 Å². The van der Waals surface area contributed by atoms with Crippen molar-refractivity contribution in [2.75, 3.05) is 20.1 Å². The third kappa shape index (κ3) is 3.43. The van der Waals surface area contributed by atoms with Gasteiger partial charge >= 0.3 is 0 Å². The standard InChI is InChI=1S/C14H29N3/c1-14(2,3)16-12-7-5-6-8-13(12)17(4)11-9-15-10-11/h11-13,15-16H,5-10H2,1-4H3/t12-,13-/m0/s1. The van der Waals surface area contributed by atoms with Crippen molar-refractivity contribution in [2.45, 2.75) is 70.1 Å². The number of hydrogen-bond donors (Lipinski definition) is 2. The zero-order valence-corrected chi connectivity index (χ0v) is 11.9. The predicted molar refractivity (Wildman–Crippen MR) is 73.4 cm³/mol.